The highest BCUT2D eigenvalue weighted by Crippen LogP contribution is 2.31. The van der Waals surface area contributed by atoms with Gasteiger partial charge in [-0.3, -0.25) is 4.79 Å². The highest BCUT2D eigenvalue weighted by molar-refractivity contribution is 5.82. The summed E-state index contributed by atoms with van der Waals surface area (Å²) in [6.45, 7) is 6.68. The van der Waals surface area contributed by atoms with Gasteiger partial charge < -0.3 is 15.4 Å². The molecule has 2 aliphatic heterocycles. The number of benzene rings is 1. The Morgan fingerprint density at radius 2 is 2.19 bits per heavy atom. The molecule has 1 aromatic rings. The standard InChI is InChI=1S/C17H22N2O2/c1-11-7-14-9-16(21-15(14)8-12(11)2)17(20)19-10-13-3-5-18-6-4-13/h3,7-8,16,18H,4-6,9-10H2,1-2H3,(H,19,20). The van der Waals surface area contributed by atoms with Gasteiger partial charge in [0.05, 0.1) is 0 Å². The fraction of sp³-hybridized carbons (Fsp3) is 0.471. The van der Waals surface area contributed by atoms with Crippen LogP contribution in [0, 0.1) is 13.8 Å². The Morgan fingerprint density at radius 1 is 1.38 bits per heavy atom. The van der Waals surface area contributed by atoms with Crippen LogP contribution in [0.2, 0.25) is 0 Å². The Hall–Kier alpha value is -1.81. The Kier molecular flexibility index (Phi) is 3.97. The molecule has 0 bridgehead atoms. The molecule has 0 aromatic heterocycles. The lowest BCUT2D eigenvalue weighted by molar-refractivity contribution is -0.127. The topological polar surface area (TPSA) is 50.4 Å². The maximum absolute atomic E-state index is 12.2. The summed E-state index contributed by atoms with van der Waals surface area (Å²) in [5, 5.41) is 6.26. The largest absolute Gasteiger partial charge is 0.480 e. The van der Waals surface area contributed by atoms with E-state index in [9.17, 15) is 4.79 Å². The lowest BCUT2D eigenvalue weighted by atomic mass is 10.0. The Balaban J connectivity index is 1.59. The number of fused-ring (bicyclic) bond motifs is 1. The van der Waals surface area contributed by atoms with Crippen molar-refractivity contribution in [2.45, 2.75) is 32.8 Å². The smallest absolute Gasteiger partial charge is 0.261 e. The number of hydrogen-bond acceptors (Lipinski definition) is 3. The molecule has 4 nitrogen and oxygen atoms in total. The quantitative estimate of drug-likeness (QED) is 0.831. The molecule has 0 aliphatic carbocycles. The molecule has 1 atom stereocenters. The van der Waals surface area contributed by atoms with Crippen LogP contribution in [-0.2, 0) is 11.2 Å². The number of carbonyl (C=O) groups excluding carboxylic acids is 1. The van der Waals surface area contributed by atoms with Crippen molar-refractivity contribution < 1.29 is 9.53 Å². The van der Waals surface area contributed by atoms with Gasteiger partial charge in [-0.1, -0.05) is 17.7 Å². The second kappa shape index (κ2) is 5.90. The monoisotopic (exact) mass is 286 g/mol. The highest BCUT2D eigenvalue weighted by atomic mass is 16.5. The van der Waals surface area contributed by atoms with Crippen LogP contribution in [0.5, 0.6) is 5.75 Å². The van der Waals surface area contributed by atoms with Crippen molar-refractivity contribution in [1.29, 1.82) is 0 Å². The van der Waals surface area contributed by atoms with Crippen molar-refractivity contribution in [1.82, 2.24) is 10.6 Å². The van der Waals surface area contributed by atoms with E-state index in [4.69, 9.17) is 4.74 Å². The number of ether oxygens (including phenoxy) is 1. The maximum atomic E-state index is 12.2. The molecule has 1 aromatic carbocycles. The molecule has 112 valence electrons. The molecule has 0 radical (unpaired) electrons. The highest BCUT2D eigenvalue weighted by Gasteiger charge is 2.29. The Bertz CT molecular complexity index is 562. The molecule has 2 aliphatic rings. The Morgan fingerprint density at radius 3 is 2.95 bits per heavy atom. The number of aryl methyl sites for hydroxylation is 2. The number of rotatable bonds is 3. The second-order valence-corrected chi connectivity index (χ2v) is 5.89. The molecule has 0 saturated carbocycles. The summed E-state index contributed by atoms with van der Waals surface area (Å²) >= 11 is 0. The number of carbonyl (C=O) groups is 1. The molecule has 0 fully saturated rings. The van der Waals surface area contributed by atoms with E-state index in [1.807, 2.05) is 6.07 Å². The van der Waals surface area contributed by atoms with Crippen LogP contribution < -0.4 is 15.4 Å². The van der Waals surface area contributed by atoms with E-state index >= 15 is 0 Å². The molecule has 0 saturated heterocycles. The van der Waals surface area contributed by atoms with Crippen molar-refractivity contribution in [3.63, 3.8) is 0 Å². The van der Waals surface area contributed by atoms with Crippen molar-refractivity contribution >= 4 is 5.91 Å². The normalized spacial score (nSPS) is 20.5. The van der Waals surface area contributed by atoms with E-state index in [1.165, 1.54) is 16.7 Å². The van der Waals surface area contributed by atoms with Gasteiger partial charge in [0.25, 0.3) is 5.91 Å². The minimum Gasteiger partial charge on any atom is -0.480 e. The van der Waals surface area contributed by atoms with Crippen LogP contribution in [-0.4, -0.2) is 31.6 Å². The van der Waals surface area contributed by atoms with Gasteiger partial charge in [0.2, 0.25) is 0 Å². The first kappa shape index (κ1) is 14.1. The maximum Gasteiger partial charge on any atom is 0.261 e. The molecule has 1 amide bonds. The SMILES string of the molecule is Cc1cc2c(cc1C)OC(C(=O)NCC1=CCNCC1)C2. The van der Waals surface area contributed by atoms with Crippen LogP contribution in [0.15, 0.2) is 23.8 Å². The zero-order valence-electron chi connectivity index (χ0n) is 12.7. The first-order chi connectivity index (χ1) is 10.1. The summed E-state index contributed by atoms with van der Waals surface area (Å²) in [4.78, 5) is 12.2. The van der Waals surface area contributed by atoms with E-state index in [1.54, 1.807) is 0 Å². The van der Waals surface area contributed by atoms with Crippen LogP contribution in [0.1, 0.15) is 23.1 Å². The predicted molar refractivity (Wildman–Crippen MR) is 82.6 cm³/mol. The lowest BCUT2D eigenvalue weighted by Gasteiger charge is -2.16. The lowest BCUT2D eigenvalue weighted by Crippen LogP contribution is -2.39. The van der Waals surface area contributed by atoms with Gasteiger partial charge in [0, 0.05) is 19.5 Å². The molecule has 4 heteroatoms. The van der Waals surface area contributed by atoms with Crippen molar-refractivity contribution in [2.75, 3.05) is 19.6 Å². The zero-order valence-corrected chi connectivity index (χ0v) is 12.7. The summed E-state index contributed by atoms with van der Waals surface area (Å²) in [6.07, 6.45) is 3.44. The van der Waals surface area contributed by atoms with Gasteiger partial charge in [-0.15, -0.1) is 0 Å². The second-order valence-electron chi connectivity index (χ2n) is 5.89. The van der Waals surface area contributed by atoms with E-state index in [2.05, 4.69) is 36.6 Å². The molecule has 1 unspecified atom stereocenters. The Labute approximate surface area is 125 Å². The average molecular weight is 286 g/mol. The van der Waals surface area contributed by atoms with Gasteiger partial charge >= 0.3 is 0 Å². The van der Waals surface area contributed by atoms with Crippen molar-refractivity contribution in [3.8, 4) is 5.75 Å². The molecule has 3 rings (SSSR count). The van der Waals surface area contributed by atoms with Gasteiger partial charge in [-0.25, -0.2) is 0 Å². The summed E-state index contributed by atoms with van der Waals surface area (Å²) in [5.74, 6) is 0.847. The minimum absolute atomic E-state index is 0.0130. The van der Waals surface area contributed by atoms with Crippen molar-refractivity contribution in [3.05, 3.63) is 40.5 Å². The van der Waals surface area contributed by atoms with E-state index in [-0.39, 0.29) is 12.0 Å². The third-order valence-electron chi connectivity index (χ3n) is 4.29. The van der Waals surface area contributed by atoms with Crippen LogP contribution in [0.4, 0.5) is 0 Å². The fourth-order valence-electron chi connectivity index (χ4n) is 2.80. The summed E-state index contributed by atoms with van der Waals surface area (Å²) < 4.78 is 5.80. The van der Waals surface area contributed by atoms with Crippen LogP contribution in [0.3, 0.4) is 0 Å². The third-order valence-corrected chi connectivity index (χ3v) is 4.29. The molecule has 2 heterocycles. The number of hydrogen-bond donors (Lipinski definition) is 2. The van der Waals surface area contributed by atoms with Crippen LogP contribution >= 0.6 is 0 Å². The van der Waals surface area contributed by atoms with Crippen molar-refractivity contribution in [2.24, 2.45) is 0 Å². The molecule has 21 heavy (non-hydrogen) atoms. The molecular formula is C17H22N2O2. The summed E-state index contributed by atoms with van der Waals surface area (Å²) in [6, 6.07) is 4.17. The van der Waals surface area contributed by atoms with E-state index in [0.29, 0.717) is 13.0 Å². The first-order valence-corrected chi connectivity index (χ1v) is 7.56. The van der Waals surface area contributed by atoms with Gasteiger partial charge in [0.15, 0.2) is 6.10 Å². The summed E-state index contributed by atoms with van der Waals surface area (Å²) in [7, 11) is 0. The van der Waals surface area contributed by atoms with E-state index in [0.717, 1.165) is 30.8 Å². The summed E-state index contributed by atoms with van der Waals surface area (Å²) in [5.41, 5.74) is 4.89. The van der Waals surface area contributed by atoms with Gasteiger partial charge in [-0.05, 0) is 49.6 Å². The van der Waals surface area contributed by atoms with Gasteiger partial charge in [-0.2, -0.15) is 0 Å². The van der Waals surface area contributed by atoms with Gasteiger partial charge in [0.1, 0.15) is 5.75 Å². The zero-order chi connectivity index (χ0) is 14.8. The minimum atomic E-state index is -0.386. The van der Waals surface area contributed by atoms with E-state index < -0.39 is 0 Å². The molecule has 0 spiro atoms. The first-order valence-electron chi connectivity index (χ1n) is 7.56. The molecule has 2 N–H and O–H groups in total. The molecular weight excluding hydrogens is 264 g/mol. The third kappa shape index (κ3) is 3.10. The predicted octanol–water partition coefficient (Wildman–Crippen LogP) is 1.64. The fourth-order valence-corrected chi connectivity index (χ4v) is 2.80. The average Bonchev–Trinajstić information content (AvgIpc) is 2.89. The number of nitrogens with one attached hydrogen (secondary N) is 2. The van der Waals surface area contributed by atoms with Crippen LogP contribution in [0.25, 0.3) is 0 Å². The number of amides is 1.